The van der Waals surface area contributed by atoms with Gasteiger partial charge in [-0.15, -0.1) is 0 Å². The Labute approximate surface area is 103 Å². The van der Waals surface area contributed by atoms with Gasteiger partial charge in [-0.3, -0.25) is 4.79 Å². The molecule has 0 saturated carbocycles. The predicted molar refractivity (Wildman–Crippen MR) is 67.2 cm³/mol. The maximum atomic E-state index is 11.4. The van der Waals surface area contributed by atoms with E-state index < -0.39 is 0 Å². The Balaban J connectivity index is 2.56. The molecule has 17 heavy (non-hydrogen) atoms. The average Bonchev–Trinajstić information content (AvgIpc) is 2.31. The van der Waals surface area contributed by atoms with Gasteiger partial charge in [0.05, 0.1) is 12.5 Å². The van der Waals surface area contributed by atoms with Gasteiger partial charge < -0.3 is 9.47 Å². The van der Waals surface area contributed by atoms with Crippen molar-refractivity contribution in [1.29, 1.82) is 0 Å². The van der Waals surface area contributed by atoms with Crippen LogP contribution in [0, 0.1) is 19.8 Å². The molecular formula is C14H20O3. The van der Waals surface area contributed by atoms with Gasteiger partial charge in [0, 0.05) is 0 Å². The molecule has 0 spiro atoms. The SMILES string of the molecule is CCOC(=O)C(C)COc1cccc(C)c1C. The number of rotatable bonds is 5. The molecule has 1 aromatic carbocycles. The molecule has 0 radical (unpaired) electrons. The zero-order chi connectivity index (χ0) is 12.8. The largest absolute Gasteiger partial charge is 0.492 e. The second-order valence-corrected chi connectivity index (χ2v) is 4.16. The summed E-state index contributed by atoms with van der Waals surface area (Å²) < 4.78 is 10.6. The van der Waals surface area contributed by atoms with Gasteiger partial charge in [-0.1, -0.05) is 12.1 Å². The Kier molecular flexibility index (Phi) is 5.01. The lowest BCUT2D eigenvalue weighted by Crippen LogP contribution is -2.21. The van der Waals surface area contributed by atoms with Gasteiger partial charge in [0.25, 0.3) is 0 Å². The Morgan fingerprint density at radius 3 is 2.71 bits per heavy atom. The predicted octanol–water partition coefficient (Wildman–Crippen LogP) is 2.88. The van der Waals surface area contributed by atoms with E-state index >= 15 is 0 Å². The first-order chi connectivity index (χ1) is 8.06. The second kappa shape index (κ2) is 6.28. The molecule has 1 aromatic rings. The van der Waals surface area contributed by atoms with Crippen LogP contribution >= 0.6 is 0 Å². The summed E-state index contributed by atoms with van der Waals surface area (Å²) in [5.74, 6) is 0.383. The highest BCUT2D eigenvalue weighted by Gasteiger charge is 2.15. The van der Waals surface area contributed by atoms with Crippen molar-refractivity contribution < 1.29 is 14.3 Å². The molecular weight excluding hydrogens is 216 g/mol. The van der Waals surface area contributed by atoms with Crippen molar-refractivity contribution >= 4 is 5.97 Å². The third-order valence-electron chi connectivity index (χ3n) is 2.73. The highest BCUT2D eigenvalue weighted by Crippen LogP contribution is 2.21. The summed E-state index contributed by atoms with van der Waals surface area (Å²) in [6, 6.07) is 5.91. The normalized spacial score (nSPS) is 12.0. The monoisotopic (exact) mass is 236 g/mol. The zero-order valence-electron chi connectivity index (χ0n) is 10.9. The summed E-state index contributed by atoms with van der Waals surface area (Å²) in [6.07, 6.45) is 0. The number of carbonyl (C=O) groups excluding carboxylic acids is 1. The number of benzene rings is 1. The van der Waals surface area contributed by atoms with Crippen molar-refractivity contribution in [2.45, 2.75) is 27.7 Å². The maximum absolute atomic E-state index is 11.4. The lowest BCUT2D eigenvalue weighted by Gasteiger charge is -2.14. The van der Waals surface area contributed by atoms with Crippen molar-refractivity contribution in [3.05, 3.63) is 29.3 Å². The molecule has 1 atom stereocenters. The topological polar surface area (TPSA) is 35.5 Å². The molecule has 0 aliphatic carbocycles. The molecule has 0 heterocycles. The van der Waals surface area contributed by atoms with Crippen molar-refractivity contribution in [2.75, 3.05) is 13.2 Å². The van der Waals surface area contributed by atoms with Crippen LogP contribution in [0.2, 0.25) is 0 Å². The Morgan fingerprint density at radius 2 is 2.06 bits per heavy atom. The molecule has 0 N–H and O–H groups in total. The molecule has 0 aromatic heterocycles. The van der Waals surface area contributed by atoms with E-state index in [0.29, 0.717) is 13.2 Å². The highest BCUT2D eigenvalue weighted by molar-refractivity contribution is 5.72. The Bertz CT molecular complexity index is 385. The zero-order valence-corrected chi connectivity index (χ0v) is 10.9. The number of esters is 1. The first kappa shape index (κ1) is 13.6. The second-order valence-electron chi connectivity index (χ2n) is 4.16. The van der Waals surface area contributed by atoms with Crippen molar-refractivity contribution in [3.63, 3.8) is 0 Å². The maximum Gasteiger partial charge on any atom is 0.312 e. The van der Waals surface area contributed by atoms with Crippen LogP contribution < -0.4 is 4.74 Å². The molecule has 1 rings (SSSR count). The van der Waals surface area contributed by atoms with E-state index in [1.807, 2.05) is 39.0 Å². The van der Waals surface area contributed by atoms with Gasteiger partial charge in [0.2, 0.25) is 0 Å². The van der Waals surface area contributed by atoms with Crippen molar-refractivity contribution in [1.82, 2.24) is 0 Å². The summed E-state index contributed by atoms with van der Waals surface area (Å²) >= 11 is 0. The summed E-state index contributed by atoms with van der Waals surface area (Å²) in [6.45, 7) is 8.42. The fourth-order valence-corrected chi connectivity index (χ4v) is 1.45. The molecule has 1 unspecified atom stereocenters. The van der Waals surface area contributed by atoms with Crippen LogP contribution in [0.4, 0.5) is 0 Å². The molecule has 3 nitrogen and oxygen atoms in total. The molecule has 0 saturated heterocycles. The first-order valence-electron chi connectivity index (χ1n) is 5.92. The van der Waals surface area contributed by atoms with E-state index in [-0.39, 0.29) is 11.9 Å². The third kappa shape index (κ3) is 3.77. The summed E-state index contributed by atoms with van der Waals surface area (Å²) in [5.41, 5.74) is 2.30. The number of hydrogen-bond donors (Lipinski definition) is 0. The first-order valence-corrected chi connectivity index (χ1v) is 5.92. The van der Waals surface area contributed by atoms with Gasteiger partial charge in [0.15, 0.2) is 0 Å². The van der Waals surface area contributed by atoms with Gasteiger partial charge >= 0.3 is 5.97 Å². The fraction of sp³-hybridized carbons (Fsp3) is 0.500. The molecule has 0 bridgehead atoms. The van der Waals surface area contributed by atoms with E-state index in [9.17, 15) is 4.79 Å². The number of aryl methyl sites for hydroxylation is 1. The molecule has 0 aliphatic heterocycles. The van der Waals surface area contributed by atoms with Gasteiger partial charge in [-0.25, -0.2) is 0 Å². The Morgan fingerprint density at radius 1 is 1.35 bits per heavy atom. The average molecular weight is 236 g/mol. The van der Waals surface area contributed by atoms with Gasteiger partial charge in [-0.05, 0) is 44.9 Å². The van der Waals surface area contributed by atoms with E-state index in [2.05, 4.69) is 0 Å². The van der Waals surface area contributed by atoms with E-state index in [1.54, 1.807) is 6.92 Å². The molecule has 0 amide bonds. The molecule has 0 aliphatic rings. The fourth-order valence-electron chi connectivity index (χ4n) is 1.45. The van der Waals surface area contributed by atoms with Crippen molar-refractivity contribution in [2.24, 2.45) is 5.92 Å². The number of ether oxygens (including phenoxy) is 2. The summed E-state index contributed by atoms with van der Waals surface area (Å²) in [7, 11) is 0. The van der Waals surface area contributed by atoms with Crippen LogP contribution in [0.25, 0.3) is 0 Å². The van der Waals surface area contributed by atoms with Crippen molar-refractivity contribution in [3.8, 4) is 5.75 Å². The lowest BCUT2D eigenvalue weighted by atomic mass is 10.1. The quantitative estimate of drug-likeness (QED) is 0.737. The third-order valence-corrected chi connectivity index (χ3v) is 2.73. The van der Waals surface area contributed by atoms with Crippen LogP contribution in [0.15, 0.2) is 18.2 Å². The minimum Gasteiger partial charge on any atom is -0.492 e. The highest BCUT2D eigenvalue weighted by atomic mass is 16.5. The van der Waals surface area contributed by atoms with E-state index in [4.69, 9.17) is 9.47 Å². The Hall–Kier alpha value is -1.51. The number of carbonyl (C=O) groups is 1. The van der Waals surface area contributed by atoms with Crippen LogP contribution in [0.3, 0.4) is 0 Å². The molecule has 0 fully saturated rings. The van der Waals surface area contributed by atoms with Gasteiger partial charge in [-0.2, -0.15) is 0 Å². The lowest BCUT2D eigenvalue weighted by molar-refractivity contribution is -0.148. The smallest absolute Gasteiger partial charge is 0.312 e. The molecule has 3 heteroatoms. The van der Waals surface area contributed by atoms with Crippen LogP contribution in [0.1, 0.15) is 25.0 Å². The molecule has 94 valence electrons. The van der Waals surface area contributed by atoms with Crippen LogP contribution in [-0.2, 0) is 9.53 Å². The summed E-state index contributed by atoms with van der Waals surface area (Å²) in [5, 5.41) is 0. The minimum atomic E-state index is -0.241. The number of hydrogen-bond acceptors (Lipinski definition) is 3. The van der Waals surface area contributed by atoms with Crippen LogP contribution in [-0.4, -0.2) is 19.2 Å². The van der Waals surface area contributed by atoms with E-state index in [1.165, 1.54) is 5.56 Å². The minimum absolute atomic E-state index is 0.210. The standard InChI is InChI=1S/C14H20O3/c1-5-16-14(15)11(3)9-17-13-8-6-7-10(2)12(13)4/h6-8,11H,5,9H2,1-4H3. The summed E-state index contributed by atoms with van der Waals surface area (Å²) in [4.78, 5) is 11.4. The van der Waals surface area contributed by atoms with Gasteiger partial charge in [0.1, 0.15) is 12.4 Å². The van der Waals surface area contributed by atoms with Crippen LogP contribution in [0.5, 0.6) is 5.75 Å². The van der Waals surface area contributed by atoms with E-state index in [0.717, 1.165) is 11.3 Å².